The fourth-order valence-electron chi connectivity index (χ4n) is 0.557. The Kier molecular flexibility index (Phi) is 6.10. The zero-order valence-electron chi connectivity index (χ0n) is 7.08. The van der Waals surface area contributed by atoms with Crippen LogP contribution < -0.4 is 4.74 Å². The molecular formula is C10H14O. The maximum atomic E-state index is 4.91. The molecule has 0 aromatic heterocycles. The monoisotopic (exact) mass is 150 g/mol. The van der Waals surface area contributed by atoms with E-state index in [-0.39, 0.29) is 0 Å². The number of hydrogen-bond donors (Lipinski definition) is 0. The van der Waals surface area contributed by atoms with Crippen LogP contribution in [-0.4, -0.2) is 7.11 Å². The first-order valence-electron chi connectivity index (χ1n) is 3.51. The van der Waals surface area contributed by atoms with Gasteiger partial charge in [-0.05, 0) is 19.1 Å². The molecule has 0 heterocycles. The summed E-state index contributed by atoms with van der Waals surface area (Å²) >= 11 is 0. The van der Waals surface area contributed by atoms with Crippen molar-refractivity contribution >= 4 is 0 Å². The first-order valence-corrected chi connectivity index (χ1v) is 3.51. The second-order valence-corrected chi connectivity index (χ2v) is 1.93. The van der Waals surface area contributed by atoms with Crippen LogP contribution in [0.15, 0.2) is 43.0 Å². The average molecular weight is 150 g/mol. The number of benzene rings is 1. The van der Waals surface area contributed by atoms with Gasteiger partial charge >= 0.3 is 0 Å². The molecule has 60 valence electrons. The van der Waals surface area contributed by atoms with Gasteiger partial charge in [0.2, 0.25) is 0 Å². The Labute approximate surface area is 68.3 Å². The Morgan fingerprint density at radius 1 is 1.27 bits per heavy atom. The third-order valence-corrected chi connectivity index (χ3v) is 0.979. The van der Waals surface area contributed by atoms with Crippen LogP contribution in [-0.2, 0) is 0 Å². The fourth-order valence-corrected chi connectivity index (χ4v) is 0.557. The maximum absolute atomic E-state index is 4.91. The summed E-state index contributed by atoms with van der Waals surface area (Å²) in [7, 11) is 1.66. The van der Waals surface area contributed by atoms with Crippen LogP contribution in [0, 0.1) is 0 Å². The lowest BCUT2D eigenvalue weighted by Crippen LogP contribution is -1.78. The minimum absolute atomic E-state index is 0.910. The van der Waals surface area contributed by atoms with E-state index in [2.05, 4.69) is 6.58 Å². The third kappa shape index (κ3) is 5.22. The molecule has 0 fully saturated rings. The molecule has 0 atom stereocenters. The zero-order chi connectivity index (χ0) is 8.53. The van der Waals surface area contributed by atoms with Crippen LogP contribution in [0.3, 0.4) is 0 Å². The first kappa shape index (κ1) is 9.76. The molecule has 0 saturated heterocycles. The van der Waals surface area contributed by atoms with Crippen LogP contribution >= 0.6 is 0 Å². The molecule has 1 rings (SSSR count). The summed E-state index contributed by atoms with van der Waals surface area (Å²) in [6.07, 6.45) is 1.75. The van der Waals surface area contributed by atoms with Gasteiger partial charge in [-0.15, -0.1) is 6.58 Å². The van der Waals surface area contributed by atoms with Gasteiger partial charge in [0.05, 0.1) is 7.11 Å². The molecule has 1 heteroatoms. The van der Waals surface area contributed by atoms with Crippen LogP contribution in [0.25, 0.3) is 0 Å². The standard InChI is InChI=1S/C7H8O.C3H6/c1-8-7-5-3-2-4-6-7;1-3-2/h2-6H,1H3;3H,1H2,2H3. The average Bonchev–Trinajstić information content (AvgIpc) is 2.08. The van der Waals surface area contributed by atoms with E-state index in [4.69, 9.17) is 4.74 Å². The van der Waals surface area contributed by atoms with Gasteiger partial charge in [0.1, 0.15) is 5.75 Å². The summed E-state index contributed by atoms with van der Waals surface area (Å²) in [6.45, 7) is 5.25. The summed E-state index contributed by atoms with van der Waals surface area (Å²) in [5.74, 6) is 0.910. The van der Waals surface area contributed by atoms with Crippen molar-refractivity contribution in [3.05, 3.63) is 43.0 Å². The quantitative estimate of drug-likeness (QED) is 0.559. The van der Waals surface area contributed by atoms with E-state index in [0.717, 1.165) is 5.75 Å². The molecule has 0 radical (unpaired) electrons. The number of para-hydroxylation sites is 1. The van der Waals surface area contributed by atoms with Crippen molar-refractivity contribution in [3.8, 4) is 5.75 Å². The van der Waals surface area contributed by atoms with E-state index in [1.807, 2.05) is 37.3 Å². The van der Waals surface area contributed by atoms with E-state index < -0.39 is 0 Å². The summed E-state index contributed by atoms with van der Waals surface area (Å²) in [4.78, 5) is 0. The minimum Gasteiger partial charge on any atom is -0.497 e. The Morgan fingerprint density at radius 2 is 1.73 bits per heavy atom. The van der Waals surface area contributed by atoms with Crippen LogP contribution in [0.5, 0.6) is 5.75 Å². The summed E-state index contributed by atoms with van der Waals surface area (Å²) in [6, 6.07) is 9.68. The molecule has 11 heavy (non-hydrogen) atoms. The number of allylic oxidation sites excluding steroid dienone is 1. The topological polar surface area (TPSA) is 9.23 Å². The lowest BCUT2D eigenvalue weighted by molar-refractivity contribution is 0.415. The Bertz CT molecular complexity index is 179. The molecular weight excluding hydrogens is 136 g/mol. The smallest absolute Gasteiger partial charge is 0.118 e. The molecule has 0 amide bonds. The maximum Gasteiger partial charge on any atom is 0.118 e. The predicted molar refractivity (Wildman–Crippen MR) is 48.9 cm³/mol. The number of hydrogen-bond acceptors (Lipinski definition) is 1. The third-order valence-electron chi connectivity index (χ3n) is 0.979. The summed E-state index contributed by atoms with van der Waals surface area (Å²) in [5.41, 5.74) is 0. The van der Waals surface area contributed by atoms with Gasteiger partial charge in [0.25, 0.3) is 0 Å². The molecule has 0 saturated carbocycles. The van der Waals surface area contributed by atoms with Crippen molar-refractivity contribution in [1.29, 1.82) is 0 Å². The second kappa shape index (κ2) is 6.87. The molecule has 0 aliphatic rings. The minimum atomic E-state index is 0.910. The van der Waals surface area contributed by atoms with E-state index in [1.165, 1.54) is 0 Å². The van der Waals surface area contributed by atoms with Gasteiger partial charge in [0.15, 0.2) is 0 Å². The van der Waals surface area contributed by atoms with Crippen molar-refractivity contribution in [1.82, 2.24) is 0 Å². The SMILES string of the molecule is C=CC.COc1ccccc1. The lowest BCUT2D eigenvalue weighted by atomic mass is 10.3. The van der Waals surface area contributed by atoms with E-state index >= 15 is 0 Å². The van der Waals surface area contributed by atoms with Crippen LogP contribution in [0.1, 0.15) is 6.92 Å². The highest BCUT2D eigenvalue weighted by atomic mass is 16.5. The molecule has 0 unspecified atom stereocenters. The van der Waals surface area contributed by atoms with Crippen molar-refractivity contribution in [2.24, 2.45) is 0 Å². The normalized spacial score (nSPS) is 7.45. The zero-order valence-corrected chi connectivity index (χ0v) is 7.08. The number of ether oxygens (including phenoxy) is 1. The Morgan fingerprint density at radius 3 is 2.00 bits per heavy atom. The van der Waals surface area contributed by atoms with Gasteiger partial charge in [-0.25, -0.2) is 0 Å². The fraction of sp³-hybridized carbons (Fsp3) is 0.200. The molecule has 0 N–H and O–H groups in total. The highest BCUT2D eigenvalue weighted by molar-refractivity contribution is 5.20. The predicted octanol–water partition coefficient (Wildman–Crippen LogP) is 2.89. The van der Waals surface area contributed by atoms with Gasteiger partial charge in [-0.2, -0.15) is 0 Å². The lowest BCUT2D eigenvalue weighted by Gasteiger charge is -1.93. The van der Waals surface area contributed by atoms with Gasteiger partial charge in [0, 0.05) is 0 Å². The Hall–Kier alpha value is -1.24. The van der Waals surface area contributed by atoms with Crippen molar-refractivity contribution in [2.45, 2.75) is 6.92 Å². The number of rotatable bonds is 1. The molecule has 0 bridgehead atoms. The van der Waals surface area contributed by atoms with Gasteiger partial charge in [-0.1, -0.05) is 24.3 Å². The van der Waals surface area contributed by atoms with Gasteiger partial charge < -0.3 is 4.74 Å². The van der Waals surface area contributed by atoms with Crippen LogP contribution in [0.4, 0.5) is 0 Å². The van der Waals surface area contributed by atoms with E-state index in [9.17, 15) is 0 Å². The highest BCUT2D eigenvalue weighted by Gasteiger charge is 1.80. The second-order valence-electron chi connectivity index (χ2n) is 1.93. The van der Waals surface area contributed by atoms with Crippen molar-refractivity contribution in [3.63, 3.8) is 0 Å². The van der Waals surface area contributed by atoms with Crippen molar-refractivity contribution < 1.29 is 4.74 Å². The highest BCUT2D eigenvalue weighted by Crippen LogP contribution is 2.05. The molecule has 0 aliphatic carbocycles. The van der Waals surface area contributed by atoms with Gasteiger partial charge in [-0.3, -0.25) is 0 Å². The number of methoxy groups -OCH3 is 1. The first-order chi connectivity index (χ1) is 5.35. The molecule has 1 nitrogen and oxygen atoms in total. The molecule has 1 aromatic carbocycles. The summed E-state index contributed by atoms with van der Waals surface area (Å²) in [5, 5.41) is 0. The Balaban J connectivity index is 0.000000292. The van der Waals surface area contributed by atoms with Crippen molar-refractivity contribution in [2.75, 3.05) is 7.11 Å². The van der Waals surface area contributed by atoms with Crippen LogP contribution in [0.2, 0.25) is 0 Å². The van der Waals surface area contributed by atoms with E-state index in [1.54, 1.807) is 13.2 Å². The molecule has 0 spiro atoms. The molecule has 0 aliphatic heterocycles. The van der Waals surface area contributed by atoms with E-state index in [0.29, 0.717) is 0 Å². The molecule has 1 aromatic rings. The largest absolute Gasteiger partial charge is 0.497 e. The summed E-state index contributed by atoms with van der Waals surface area (Å²) < 4.78 is 4.91.